The van der Waals surface area contributed by atoms with Crippen LogP contribution in [-0.2, 0) is 11.3 Å². The van der Waals surface area contributed by atoms with Gasteiger partial charge in [-0.1, -0.05) is 38.1 Å². The number of piperazine rings is 1. The lowest BCUT2D eigenvalue weighted by atomic mass is 9.89. The van der Waals surface area contributed by atoms with Gasteiger partial charge in [-0.15, -0.1) is 0 Å². The maximum absolute atomic E-state index is 13.2. The molecule has 2 heterocycles. The molecule has 2 aliphatic heterocycles. The van der Waals surface area contributed by atoms with E-state index in [1.807, 2.05) is 4.90 Å². The van der Waals surface area contributed by atoms with E-state index in [1.54, 1.807) is 0 Å². The van der Waals surface area contributed by atoms with Gasteiger partial charge in [0.2, 0.25) is 0 Å². The number of carbonyl (C=O) groups is 1. The monoisotopic (exact) mass is 387 g/mol. The molecular weight excluding hydrogens is 350 g/mol. The van der Waals surface area contributed by atoms with E-state index in [9.17, 15) is 9.90 Å². The molecular formula is C23H37N3O2. The Hall–Kier alpha value is -1.43. The normalized spacial score (nSPS) is 26.8. The molecule has 0 spiro atoms. The Morgan fingerprint density at radius 3 is 2.39 bits per heavy atom. The minimum atomic E-state index is -1.26. The number of piperidine rings is 1. The number of aliphatic hydroxyl groups is 1. The van der Waals surface area contributed by atoms with Crippen molar-refractivity contribution in [2.75, 3.05) is 39.8 Å². The minimum absolute atomic E-state index is 0.0597. The Morgan fingerprint density at radius 2 is 1.79 bits per heavy atom. The maximum atomic E-state index is 13.2. The number of benzene rings is 1. The molecule has 3 rings (SSSR count). The molecule has 1 atom stereocenters. The summed E-state index contributed by atoms with van der Waals surface area (Å²) in [6, 6.07) is 8.51. The number of hydrogen-bond acceptors (Lipinski definition) is 4. The number of likely N-dealkylation sites (tertiary alicyclic amines) is 1. The van der Waals surface area contributed by atoms with Crippen molar-refractivity contribution in [3.8, 4) is 0 Å². The highest BCUT2D eigenvalue weighted by Gasteiger charge is 2.44. The zero-order valence-corrected chi connectivity index (χ0v) is 18.2. The summed E-state index contributed by atoms with van der Waals surface area (Å²) in [4.78, 5) is 19.6. The molecule has 1 N–H and O–H groups in total. The van der Waals surface area contributed by atoms with Crippen LogP contribution in [0.5, 0.6) is 0 Å². The summed E-state index contributed by atoms with van der Waals surface area (Å²) in [5.41, 5.74) is 1.23. The average Bonchev–Trinajstić information content (AvgIpc) is 2.62. The first-order valence-electron chi connectivity index (χ1n) is 10.6. The zero-order chi connectivity index (χ0) is 20.5. The third-order valence-corrected chi connectivity index (χ3v) is 6.60. The Balaban J connectivity index is 1.65. The van der Waals surface area contributed by atoms with Crippen molar-refractivity contribution in [2.24, 2.45) is 0 Å². The van der Waals surface area contributed by atoms with E-state index in [-0.39, 0.29) is 11.4 Å². The predicted octanol–water partition coefficient (Wildman–Crippen LogP) is 2.69. The highest BCUT2D eigenvalue weighted by Crippen LogP contribution is 2.28. The third-order valence-electron chi connectivity index (χ3n) is 6.60. The van der Waals surface area contributed by atoms with E-state index in [0.717, 1.165) is 38.2 Å². The summed E-state index contributed by atoms with van der Waals surface area (Å²) in [5, 5.41) is 11.2. The van der Waals surface area contributed by atoms with Crippen LogP contribution in [0.4, 0.5) is 0 Å². The number of nitrogens with zero attached hydrogens (tertiary/aromatic N) is 3. The number of carbonyl (C=O) groups excluding carboxylic acids is 1. The summed E-state index contributed by atoms with van der Waals surface area (Å²) in [6.07, 6.45) is 1.41. The van der Waals surface area contributed by atoms with Crippen LogP contribution in [0.15, 0.2) is 24.3 Å². The van der Waals surface area contributed by atoms with Gasteiger partial charge in [0.1, 0.15) is 0 Å². The summed E-state index contributed by atoms with van der Waals surface area (Å²) >= 11 is 0. The fourth-order valence-electron chi connectivity index (χ4n) is 4.44. The fourth-order valence-corrected chi connectivity index (χ4v) is 4.44. The van der Waals surface area contributed by atoms with Gasteiger partial charge in [0.05, 0.1) is 0 Å². The Kier molecular flexibility index (Phi) is 6.18. The largest absolute Gasteiger partial charge is 0.379 e. The van der Waals surface area contributed by atoms with Crippen LogP contribution in [0.25, 0.3) is 0 Å². The quantitative estimate of drug-likeness (QED) is 0.844. The molecule has 1 amide bonds. The van der Waals surface area contributed by atoms with Gasteiger partial charge in [-0.25, -0.2) is 0 Å². The highest BCUT2D eigenvalue weighted by molar-refractivity contribution is 5.86. The molecule has 1 aromatic rings. The van der Waals surface area contributed by atoms with E-state index in [2.05, 4.69) is 68.8 Å². The van der Waals surface area contributed by atoms with Crippen LogP contribution in [-0.4, -0.2) is 76.6 Å². The molecule has 2 fully saturated rings. The van der Waals surface area contributed by atoms with Gasteiger partial charge < -0.3 is 10.0 Å². The molecule has 0 aromatic heterocycles. The second kappa shape index (κ2) is 8.13. The van der Waals surface area contributed by atoms with E-state index in [1.165, 1.54) is 5.56 Å². The molecule has 5 nitrogen and oxygen atoms in total. The molecule has 28 heavy (non-hydrogen) atoms. The maximum Gasteiger partial charge on any atom is 0.256 e. The predicted molar refractivity (Wildman–Crippen MR) is 113 cm³/mol. The number of rotatable bonds is 5. The van der Waals surface area contributed by atoms with Crippen molar-refractivity contribution in [3.05, 3.63) is 35.4 Å². The molecule has 0 unspecified atom stereocenters. The third kappa shape index (κ3) is 4.58. The van der Waals surface area contributed by atoms with Gasteiger partial charge >= 0.3 is 0 Å². The highest BCUT2D eigenvalue weighted by atomic mass is 16.3. The van der Waals surface area contributed by atoms with E-state index in [4.69, 9.17) is 0 Å². The van der Waals surface area contributed by atoms with Crippen LogP contribution in [0.3, 0.4) is 0 Å². The first-order chi connectivity index (χ1) is 13.1. The van der Waals surface area contributed by atoms with Crippen molar-refractivity contribution in [2.45, 2.75) is 64.1 Å². The molecule has 5 heteroatoms. The summed E-state index contributed by atoms with van der Waals surface area (Å²) in [6.45, 7) is 13.3. The van der Waals surface area contributed by atoms with Crippen molar-refractivity contribution < 1.29 is 9.90 Å². The van der Waals surface area contributed by atoms with Crippen molar-refractivity contribution in [1.82, 2.24) is 14.7 Å². The molecule has 0 bridgehead atoms. The number of likely N-dealkylation sites (N-methyl/N-ethyl adjacent to an activating group) is 1. The SMILES string of the molecule is CC(C)c1ccc(CN2CCC[C@](O)(CN3CCN(C)C(C)(C)C3)C2=O)cc1. The van der Waals surface area contributed by atoms with Crippen molar-refractivity contribution >= 4 is 5.91 Å². The molecule has 1 aromatic carbocycles. The zero-order valence-electron chi connectivity index (χ0n) is 18.2. The van der Waals surface area contributed by atoms with Crippen LogP contribution in [0.1, 0.15) is 57.6 Å². The van der Waals surface area contributed by atoms with Gasteiger partial charge in [0, 0.05) is 44.8 Å². The van der Waals surface area contributed by atoms with Crippen LogP contribution in [0.2, 0.25) is 0 Å². The topological polar surface area (TPSA) is 47.0 Å². The number of β-amino-alcohol motifs (C(OH)–C–C–N with tert-alkyl or cyclic N) is 1. The van der Waals surface area contributed by atoms with Gasteiger partial charge in [-0.05, 0) is 50.8 Å². The van der Waals surface area contributed by atoms with Gasteiger partial charge in [-0.3, -0.25) is 14.6 Å². The number of amides is 1. The first-order valence-corrected chi connectivity index (χ1v) is 10.6. The molecule has 2 saturated heterocycles. The van der Waals surface area contributed by atoms with Crippen LogP contribution >= 0.6 is 0 Å². The average molecular weight is 388 g/mol. The summed E-state index contributed by atoms with van der Waals surface area (Å²) < 4.78 is 0. The van der Waals surface area contributed by atoms with Crippen molar-refractivity contribution in [1.29, 1.82) is 0 Å². The molecule has 156 valence electrons. The smallest absolute Gasteiger partial charge is 0.256 e. The second-order valence-electron chi connectivity index (χ2n) is 9.70. The number of hydrogen-bond donors (Lipinski definition) is 1. The Bertz CT molecular complexity index is 686. The lowest BCUT2D eigenvalue weighted by molar-refractivity contribution is -0.161. The van der Waals surface area contributed by atoms with Crippen molar-refractivity contribution in [3.63, 3.8) is 0 Å². The molecule has 2 aliphatic rings. The standard InChI is InChI=1S/C23H37N3O2/c1-18(2)20-9-7-19(8-10-20)15-26-12-6-11-23(28,21(26)27)17-25-14-13-24(5)22(3,4)16-25/h7-10,18,28H,6,11-17H2,1-5H3/t23-/m0/s1. The van der Waals surface area contributed by atoms with Gasteiger partial charge in [0.15, 0.2) is 5.60 Å². The summed E-state index contributed by atoms with van der Waals surface area (Å²) in [5.74, 6) is 0.395. The van der Waals surface area contributed by atoms with E-state index in [0.29, 0.717) is 25.4 Å². The lowest BCUT2D eigenvalue weighted by Crippen LogP contribution is -2.63. The van der Waals surface area contributed by atoms with E-state index >= 15 is 0 Å². The Morgan fingerprint density at radius 1 is 1.11 bits per heavy atom. The van der Waals surface area contributed by atoms with Gasteiger partial charge in [-0.2, -0.15) is 0 Å². The van der Waals surface area contributed by atoms with Crippen LogP contribution in [0, 0.1) is 0 Å². The Labute approximate surface area is 170 Å². The fraction of sp³-hybridized carbons (Fsp3) is 0.696. The molecule has 0 saturated carbocycles. The molecule has 0 aliphatic carbocycles. The summed E-state index contributed by atoms with van der Waals surface area (Å²) in [7, 11) is 2.14. The molecule has 0 radical (unpaired) electrons. The lowest BCUT2D eigenvalue weighted by Gasteiger charge is -2.48. The van der Waals surface area contributed by atoms with Crippen LogP contribution < -0.4 is 0 Å². The van der Waals surface area contributed by atoms with Gasteiger partial charge in [0.25, 0.3) is 5.91 Å². The second-order valence-corrected chi connectivity index (χ2v) is 9.70. The minimum Gasteiger partial charge on any atom is -0.379 e. The first kappa shape index (κ1) is 21.3. The van der Waals surface area contributed by atoms with E-state index < -0.39 is 5.60 Å².